The van der Waals surface area contributed by atoms with Crippen LogP contribution in [0.3, 0.4) is 0 Å². The third-order valence-corrected chi connectivity index (χ3v) is 5.08. The smallest absolute Gasteiger partial charge is 0.223 e. The Morgan fingerprint density at radius 1 is 1.32 bits per heavy atom. The molecule has 2 aromatic rings. The Bertz CT molecular complexity index is 758. The first-order valence-electron chi connectivity index (χ1n) is 8.72. The molecule has 0 aliphatic carbocycles. The van der Waals surface area contributed by atoms with Crippen molar-refractivity contribution >= 4 is 5.91 Å². The van der Waals surface area contributed by atoms with E-state index in [4.69, 9.17) is 9.26 Å². The van der Waals surface area contributed by atoms with Crippen molar-refractivity contribution in [3.05, 3.63) is 28.3 Å². The van der Waals surface area contributed by atoms with Crippen LogP contribution < -0.4 is 4.74 Å². The molecule has 1 aliphatic rings. The number of likely N-dealkylation sites (tertiary alicyclic amines) is 1. The van der Waals surface area contributed by atoms with E-state index in [0.717, 1.165) is 53.5 Å². The lowest BCUT2D eigenvalue weighted by atomic mass is 10.0. The van der Waals surface area contributed by atoms with Gasteiger partial charge in [0.05, 0.1) is 30.1 Å². The average Bonchev–Trinajstić information content (AvgIpc) is 3.24. The highest BCUT2D eigenvalue weighted by Gasteiger charge is 2.34. The standard InChI is InChI=1S/C18H26N4O3/c1-11-14(13(3)25-20-11)8-9-16(23)22-10-6-7-15(22)17-12(2)19-21(4)18(17)24-5/h15H,6-10H2,1-5H3/t15-/m1/s1. The van der Waals surface area contributed by atoms with Crippen molar-refractivity contribution in [1.82, 2.24) is 19.8 Å². The number of methoxy groups -OCH3 is 1. The molecular formula is C18H26N4O3. The Morgan fingerprint density at radius 3 is 2.72 bits per heavy atom. The monoisotopic (exact) mass is 346 g/mol. The molecule has 2 aromatic heterocycles. The van der Waals surface area contributed by atoms with Crippen molar-refractivity contribution in [3.8, 4) is 5.88 Å². The van der Waals surface area contributed by atoms with Crippen LogP contribution >= 0.6 is 0 Å². The van der Waals surface area contributed by atoms with Gasteiger partial charge in [-0.2, -0.15) is 5.10 Å². The summed E-state index contributed by atoms with van der Waals surface area (Å²) in [5, 5.41) is 8.43. The molecule has 0 spiro atoms. The van der Waals surface area contributed by atoms with Crippen molar-refractivity contribution in [2.45, 2.75) is 52.5 Å². The number of amides is 1. The fourth-order valence-electron chi connectivity index (χ4n) is 3.88. The van der Waals surface area contributed by atoms with Gasteiger partial charge >= 0.3 is 0 Å². The van der Waals surface area contributed by atoms with E-state index in [1.54, 1.807) is 11.8 Å². The SMILES string of the molecule is COc1c([C@H]2CCCN2C(=O)CCc2c(C)noc2C)c(C)nn1C. The summed E-state index contributed by atoms with van der Waals surface area (Å²) in [6.07, 6.45) is 3.06. The molecule has 1 fully saturated rings. The maximum atomic E-state index is 12.9. The van der Waals surface area contributed by atoms with Crippen LogP contribution in [-0.2, 0) is 18.3 Å². The molecule has 1 atom stereocenters. The van der Waals surface area contributed by atoms with Gasteiger partial charge in [0.2, 0.25) is 11.8 Å². The van der Waals surface area contributed by atoms with Gasteiger partial charge in [-0.3, -0.25) is 4.79 Å². The lowest BCUT2D eigenvalue weighted by molar-refractivity contribution is -0.132. The molecule has 0 aromatic carbocycles. The first-order valence-corrected chi connectivity index (χ1v) is 8.72. The summed E-state index contributed by atoms with van der Waals surface area (Å²) < 4.78 is 12.5. The van der Waals surface area contributed by atoms with E-state index in [1.165, 1.54) is 0 Å². The Morgan fingerprint density at radius 2 is 2.08 bits per heavy atom. The number of rotatable bonds is 5. The predicted molar refractivity (Wildman–Crippen MR) is 92.5 cm³/mol. The van der Waals surface area contributed by atoms with Gasteiger partial charge in [0.1, 0.15) is 5.76 Å². The Kier molecular flexibility index (Phi) is 4.83. The number of nitrogens with zero attached hydrogens (tertiary/aromatic N) is 4. The fraction of sp³-hybridized carbons (Fsp3) is 0.611. The van der Waals surface area contributed by atoms with E-state index in [2.05, 4.69) is 10.3 Å². The number of hydrogen-bond acceptors (Lipinski definition) is 5. The second-order valence-electron chi connectivity index (χ2n) is 6.68. The molecule has 0 bridgehead atoms. The van der Waals surface area contributed by atoms with E-state index in [1.807, 2.05) is 32.7 Å². The van der Waals surface area contributed by atoms with Crippen molar-refractivity contribution in [1.29, 1.82) is 0 Å². The Hall–Kier alpha value is -2.31. The van der Waals surface area contributed by atoms with Crippen LogP contribution in [-0.4, -0.2) is 39.4 Å². The number of hydrogen-bond donors (Lipinski definition) is 0. The van der Waals surface area contributed by atoms with Crippen molar-refractivity contribution in [3.63, 3.8) is 0 Å². The van der Waals surface area contributed by atoms with Gasteiger partial charge in [0.25, 0.3) is 0 Å². The summed E-state index contributed by atoms with van der Waals surface area (Å²) >= 11 is 0. The topological polar surface area (TPSA) is 73.4 Å². The minimum absolute atomic E-state index is 0.0424. The maximum Gasteiger partial charge on any atom is 0.223 e. The molecule has 7 nitrogen and oxygen atoms in total. The molecule has 0 radical (unpaired) electrons. The molecule has 0 saturated carbocycles. The molecule has 0 N–H and O–H groups in total. The first kappa shape index (κ1) is 17.5. The summed E-state index contributed by atoms with van der Waals surface area (Å²) in [6, 6.07) is 0.0424. The zero-order valence-corrected chi connectivity index (χ0v) is 15.6. The molecule has 1 amide bonds. The number of aryl methyl sites for hydroxylation is 4. The minimum atomic E-state index is 0.0424. The average molecular weight is 346 g/mol. The van der Waals surface area contributed by atoms with Crippen molar-refractivity contribution < 1.29 is 14.1 Å². The number of ether oxygens (including phenoxy) is 1. The fourth-order valence-corrected chi connectivity index (χ4v) is 3.88. The van der Waals surface area contributed by atoms with E-state index in [0.29, 0.717) is 12.8 Å². The lowest BCUT2D eigenvalue weighted by Crippen LogP contribution is -2.31. The number of carbonyl (C=O) groups is 1. The van der Waals surface area contributed by atoms with Crippen molar-refractivity contribution in [2.75, 3.05) is 13.7 Å². The van der Waals surface area contributed by atoms with Crippen molar-refractivity contribution in [2.24, 2.45) is 7.05 Å². The second kappa shape index (κ2) is 6.90. The normalized spacial score (nSPS) is 17.3. The molecule has 25 heavy (non-hydrogen) atoms. The predicted octanol–water partition coefficient (Wildman–Crippen LogP) is 2.64. The van der Waals surface area contributed by atoms with Crippen LogP contribution in [0.5, 0.6) is 5.88 Å². The van der Waals surface area contributed by atoms with Gasteiger partial charge in [-0.1, -0.05) is 5.16 Å². The van der Waals surface area contributed by atoms with Gasteiger partial charge in [0.15, 0.2) is 0 Å². The van der Waals surface area contributed by atoms with E-state index in [-0.39, 0.29) is 11.9 Å². The summed E-state index contributed by atoms with van der Waals surface area (Å²) in [7, 11) is 3.52. The van der Waals surface area contributed by atoms with Crippen LogP contribution in [0.25, 0.3) is 0 Å². The highest BCUT2D eigenvalue weighted by atomic mass is 16.5. The number of carbonyl (C=O) groups excluding carboxylic acids is 1. The van der Waals surface area contributed by atoms with Gasteiger partial charge in [-0.25, -0.2) is 4.68 Å². The number of aromatic nitrogens is 3. The van der Waals surface area contributed by atoms with Crippen LogP contribution in [0.2, 0.25) is 0 Å². The first-order chi connectivity index (χ1) is 11.9. The molecule has 0 unspecified atom stereocenters. The van der Waals surface area contributed by atoms with Gasteiger partial charge < -0.3 is 14.2 Å². The highest BCUT2D eigenvalue weighted by Crippen LogP contribution is 2.39. The lowest BCUT2D eigenvalue weighted by Gasteiger charge is -2.25. The van der Waals surface area contributed by atoms with Gasteiger partial charge in [-0.05, 0) is 40.0 Å². The molecule has 136 valence electrons. The summed E-state index contributed by atoms with van der Waals surface area (Å²) in [4.78, 5) is 14.8. The van der Waals surface area contributed by atoms with E-state index >= 15 is 0 Å². The van der Waals surface area contributed by atoms with Gasteiger partial charge in [-0.15, -0.1) is 0 Å². The van der Waals surface area contributed by atoms with Crippen LogP contribution in [0, 0.1) is 20.8 Å². The summed E-state index contributed by atoms with van der Waals surface area (Å²) in [6.45, 7) is 6.56. The quantitative estimate of drug-likeness (QED) is 0.832. The molecule has 1 aliphatic heterocycles. The third kappa shape index (κ3) is 3.15. The van der Waals surface area contributed by atoms with Crippen LogP contribution in [0.4, 0.5) is 0 Å². The van der Waals surface area contributed by atoms with Crippen LogP contribution in [0.15, 0.2) is 4.52 Å². The Balaban J connectivity index is 1.76. The summed E-state index contributed by atoms with van der Waals surface area (Å²) in [5.41, 5.74) is 3.87. The largest absolute Gasteiger partial charge is 0.481 e. The highest BCUT2D eigenvalue weighted by molar-refractivity contribution is 5.77. The molecule has 3 rings (SSSR count). The maximum absolute atomic E-state index is 12.9. The van der Waals surface area contributed by atoms with Crippen LogP contribution in [0.1, 0.15) is 53.6 Å². The molecule has 7 heteroatoms. The molecule has 3 heterocycles. The minimum Gasteiger partial charge on any atom is -0.481 e. The second-order valence-corrected chi connectivity index (χ2v) is 6.68. The molecule has 1 saturated heterocycles. The van der Waals surface area contributed by atoms with E-state index < -0.39 is 0 Å². The Labute approximate surface area is 147 Å². The van der Waals surface area contributed by atoms with E-state index in [9.17, 15) is 4.79 Å². The zero-order valence-electron chi connectivity index (χ0n) is 15.6. The van der Waals surface area contributed by atoms with Gasteiger partial charge in [0, 0.05) is 25.6 Å². The summed E-state index contributed by atoms with van der Waals surface area (Å²) in [5.74, 6) is 1.70. The zero-order chi connectivity index (χ0) is 18.1. The third-order valence-electron chi connectivity index (χ3n) is 5.08. The molecular weight excluding hydrogens is 320 g/mol.